The Balaban J connectivity index is 2.47. The molecule has 0 radical (unpaired) electrons. The van der Waals surface area contributed by atoms with Crippen LogP contribution in [0.5, 0.6) is 0 Å². The van der Waals surface area contributed by atoms with Gasteiger partial charge in [-0.15, -0.1) is 0 Å². The molecule has 0 bridgehead atoms. The highest BCUT2D eigenvalue weighted by atomic mass is 16.2. The van der Waals surface area contributed by atoms with Gasteiger partial charge >= 0.3 is 0 Å². The summed E-state index contributed by atoms with van der Waals surface area (Å²) in [6.07, 6.45) is 0. The molecule has 0 unspecified atom stereocenters. The second-order valence-electron chi connectivity index (χ2n) is 4.48. The van der Waals surface area contributed by atoms with Crippen LogP contribution in [0.2, 0.25) is 0 Å². The molecule has 4 heteroatoms. The van der Waals surface area contributed by atoms with Crippen LogP contribution in [-0.4, -0.2) is 34.7 Å². The quantitative estimate of drug-likeness (QED) is 0.676. The zero-order valence-electron chi connectivity index (χ0n) is 11.5. The topological polar surface area (TPSA) is 53.2 Å². The molecule has 0 saturated carbocycles. The van der Waals surface area contributed by atoms with Gasteiger partial charge in [0.1, 0.15) is 0 Å². The first kappa shape index (κ1) is 13.3. The smallest absolute Gasteiger partial charge is 0.295 e. The second kappa shape index (κ2) is 5.26. The lowest BCUT2D eigenvalue weighted by molar-refractivity contribution is -0.126. The number of carbonyl (C=O) groups excluding carboxylic acids is 2. The summed E-state index contributed by atoms with van der Waals surface area (Å²) in [6.45, 7) is 6.65. The highest BCUT2D eigenvalue weighted by molar-refractivity contribution is 6.45. The molecule has 1 amide bonds. The van der Waals surface area contributed by atoms with E-state index in [1.165, 1.54) is 0 Å². The average Bonchev–Trinajstić information content (AvgIpc) is 2.75. The number of para-hydroxylation sites is 1. The van der Waals surface area contributed by atoms with Gasteiger partial charge in [0.25, 0.3) is 11.7 Å². The molecule has 2 aromatic rings. The molecule has 19 heavy (non-hydrogen) atoms. The number of likely N-dealkylation sites (N-methyl/N-ethyl adjacent to an activating group) is 1. The molecule has 0 aliphatic heterocycles. The normalized spacial score (nSPS) is 10.7. The number of aryl methyl sites for hydroxylation is 1. The van der Waals surface area contributed by atoms with Crippen molar-refractivity contribution in [2.75, 3.05) is 13.1 Å². The number of ketones is 1. The summed E-state index contributed by atoms with van der Waals surface area (Å²) in [7, 11) is 0. The number of benzene rings is 1. The van der Waals surface area contributed by atoms with Gasteiger partial charge in [0.05, 0.1) is 5.56 Å². The van der Waals surface area contributed by atoms with E-state index in [1.54, 1.807) is 4.90 Å². The maximum absolute atomic E-state index is 12.4. The summed E-state index contributed by atoms with van der Waals surface area (Å²) in [5.41, 5.74) is 2.12. The Hall–Kier alpha value is -2.10. The number of hydrogen-bond donors (Lipinski definition) is 1. The molecule has 1 heterocycles. The average molecular weight is 258 g/mol. The van der Waals surface area contributed by atoms with Crippen LogP contribution in [0.15, 0.2) is 24.3 Å². The lowest BCUT2D eigenvalue weighted by atomic mass is 10.1. The van der Waals surface area contributed by atoms with Gasteiger partial charge in [-0.3, -0.25) is 9.59 Å². The molecule has 0 fully saturated rings. The van der Waals surface area contributed by atoms with Gasteiger partial charge in [-0.25, -0.2) is 0 Å². The first-order valence-electron chi connectivity index (χ1n) is 6.51. The highest BCUT2D eigenvalue weighted by Crippen LogP contribution is 2.22. The number of nitrogens with zero attached hydrogens (tertiary/aromatic N) is 1. The minimum absolute atomic E-state index is 0.432. The molecule has 0 aliphatic carbocycles. The van der Waals surface area contributed by atoms with Gasteiger partial charge in [0.2, 0.25) is 0 Å². The van der Waals surface area contributed by atoms with Crippen molar-refractivity contribution in [2.24, 2.45) is 0 Å². The number of H-pyrrole nitrogens is 1. The third kappa shape index (κ3) is 2.26. The second-order valence-corrected chi connectivity index (χ2v) is 4.48. The fraction of sp³-hybridized carbons (Fsp3) is 0.333. The number of fused-ring (bicyclic) bond motifs is 1. The van der Waals surface area contributed by atoms with Gasteiger partial charge in [-0.1, -0.05) is 18.2 Å². The van der Waals surface area contributed by atoms with Crippen molar-refractivity contribution in [2.45, 2.75) is 20.8 Å². The summed E-state index contributed by atoms with van der Waals surface area (Å²) in [4.78, 5) is 29.2. The predicted molar refractivity (Wildman–Crippen MR) is 75.3 cm³/mol. The molecule has 2 rings (SSSR count). The number of hydrogen-bond acceptors (Lipinski definition) is 2. The maximum atomic E-state index is 12.4. The Labute approximate surface area is 112 Å². The fourth-order valence-electron chi connectivity index (χ4n) is 2.33. The van der Waals surface area contributed by atoms with Gasteiger partial charge in [0.15, 0.2) is 0 Å². The summed E-state index contributed by atoms with van der Waals surface area (Å²) in [5, 5.41) is 0.811. The number of aromatic amines is 1. The SMILES string of the molecule is CCN(CC)C(=O)C(=O)c1c(C)[nH]c2ccccc12. The number of Topliss-reactive ketones (excluding diaryl/α,β-unsaturated/α-hetero) is 1. The van der Waals surface area contributed by atoms with E-state index in [9.17, 15) is 9.59 Å². The first-order valence-corrected chi connectivity index (χ1v) is 6.51. The minimum atomic E-state index is -0.433. The largest absolute Gasteiger partial charge is 0.358 e. The number of amides is 1. The van der Waals surface area contributed by atoms with Crippen LogP contribution in [0.4, 0.5) is 0 Å². The van der Waals surface area contributed by atoms with Crippen molar-refractivity contribution in [3.05, 3.63) is 35.5 Å². The molecule has 0 atom stereocenters. The van der Waals surface area contributed by atoms with Crippen LogP contribution in [0.1, 0.15) is 29.9 Å². The molecule has 0 spiro atoms. The zero-order chi connectivity index (χ0) is 14.0. The van der Waals surface area contributed by atoms with Crippen LogP contribution in [0, 0.1) is 6.92 Å². The summed E-state index contributed by atoms with van der Waals surface area (Å²) in [6, 6.07) is 7.54. The summed E-state index contributed by atoms with van der Waals surface area (Å²) >= 11 is 0. The molecule has 4 nitrogen and oxygen atoms in total. The maximum Gasteiger partial charge on any atom is 0.295 e. The predicted octanol–water partition coefficient (Wildman–Crippen LogP) is 2.53. The summed E-state index contributed by atoms with van der Waals surface area (Å²) < 4.78 is 0. The van der Waals surface area contributed by atoms with Crippen molar-refractivity contribution in [3.8, 4) is 0 Å². The van der Waals surface area contributed by atoms with Crippen molar-refractivity contribution in [3.63, 3.8) is 0 Å². The van der Waals surface area contributed by atoms with Crippen molar-refractivity contribution in [1.29, 1.82) is 0 Å². The number of rotatable bonds is 4. The van der Waals surface area contributed by atoms with Crippen LogP contribution in [0.3, 0.4) is 0 Å². The highest BCUT2D eigenvalue weighted by Gasteiger charge is 2.25. The molecule has 1 N–H and O–H groups in total. The van der Waals surface area contributed by atoms with Gasteiger partial charge in [-0.2, -0.15) is 0 Å². The Kier molecular flexibility index (Phi) is 3.69. The van der Waals surface area contributed by atoms with E-state index in [0.29, 0.717) is 18.7 Å². The van der Waals surface area contributed by atoms with Crippen molar-refractivity contribution in [1.82, 2.24) is 9.88 Å². The molecule has 100 valence electrons. The first-order chi connectivity index (χ1) is 9.10. The zero-order valence-corrected chi connectivity index (χ0v) is 11.5. The van der Waals surface area contributed by atoms with Gasteiger partial charge in [-0.05, 0) is 26.8 Å². The van der Waals surface area contributed by atoms with Crippen molar-refractivity contribution < 1.29 is 9.59 Å². The molecule has 0 aliphatic rings. The third-order valence-corrected chi connectivity index (χ3v) is 3.37. The van der Waals surface area contributed by atoms with Gasteiger partial charge in [0, 0.05) is 29.7 Å². The van der Waals surface area contributed by atoms with E-state index in [0.717, 1.165) is 16.6 Å². The number of aromatic nitrogens is 1. The Bertz CT molecular complexity index is 624. The molecular formula is C15H18N2O2. The van der Waals surface area contributed by atoms with E-state index in [2.05, 4.69) is 4.98 Å². The third-order valence-electron chi connectivity index (χ3n) is 3.37. The molecule has 1 aromatic carbocycles. The Morgan fingerprint density at radius 1 is 1.16 bits per heavy atom. The Morgan fingerprint density at radius 2 is 1.79 bits per heavy atom. The molecule has 1 aromatic heterocycles. The van der Waals surface area contributed by atoms with E-state index >= 15 is 0 Å². The monoisotopic (exact) mass is 258 g/mol. The van der Waals surface area contributed by atoms with Crippen LogP contribution in [-0.2, 0) is 4.79 Å². The number of carbonyl (C=O) groups is 2. The van der Waals surface area contributed by atoms with Crippen LogP contribution in [0.25, 0.3) is 10.9 Å². The number of nitrogens with one attached hydrogen (secondary N) is 1. The molecular weight excluding hydrogens is 240 g/mol. The van der Waals surface area contributed by atoms with Gasteiger partial charge < -0.3 is 9.88 Å². The standard InChI is InChI=1S/C15H18N2O2/c1-4-17(5-2)15(19)14(18)13-10(3)16-12-9-7-6-8-11(12)13/h6-9,16H,4-5H2,1-3H3. The summed E-state index contributed by atoms with van der Waals surface area (Å²) in [5.74, 6) is -0.864. The molecule has 0 saturated heterocycles. The minimum Gasteiger partial charge on any atom is -0.358 e. The fourth-order valence-corrected chi connectivity index (χ4v) is 2.33. The van der Waals surface area contributed by atoms with Crippen molar-refractivity contribution >= 4 is 22.6 Å². The van der Waals surface area contributed by atoms with Crippen LogP contribution < -0.4 is 0 Å². The van der Waals surface area contributed by atoms with E-state index < -0.39 is 11.7 Å². The lowest BCUT2D eigenvalue weighted by Gasteiger charge is -2.17. The Morgan fingerprint density at radius 3 is 2.42 bits per heavy atom. The van der Waals surface area contributed by atoms with E-state index in [1.807, 2.05) is 45.0 Å². The van der Waals surface area contributed by atoms with Crippen LogP contribution >= 0.6 is 0 Å². The van der Waals surface area contributed by atoms with E-state index in [-0.39, 0.29) is 0 Å². The lowest BCUT2D eigenvalue weighted by Crippen LogP contribution is -2.36. The van der Waals surface area contributed by atoms with E-state index in [4.69, 9.17) is 0 Å².